The lowest BCUT2D eigenvalue weighted by Gasteiger charge is -2.32. The minimum atomic E-state index is -0.0249. The molecule has 0 radical (unpaired) electrons. The Kier molecular flexibility index (Phi) is 5.13. The maximum atomic E-state index is 12.7. The third-order valence-electron chi connectivity index (χ3n) is 5.62. The van der Waals surface area contributed by atoms with Gasteiger partial charge in [-0.3, -0.25) is 4.79 Å². The van der Waals surface area contributed by atoms with Gasteiger partial charge in [-0.1, -0.05) is 6.07 Å². The fourth-order valence-electron chi connectivity index (χ4n) is 3.86. The van der Waals surface area contributed by atoms with Crippen molar-refractivity contribution in [2.45, 2.75) is 33.6 Å². The van der Waals surface area contributed by atoms with Crippen LogP contribution < -0.4 is 15.0 Å². The molecule has 1 aliphatic heterocycles. The molecule has 1 N–H and O–H groups in total. The second-order valence-electron chi connectivity index (χ2n) is 7.54. The molecule has 7 nitrogen and oxygen atoms in total. The molecule has 29 heavy (non-hydrogen) atoms. The molecule has 1 fully saturated rings. The molecule has 0 unspecified atom stereocenters. The maximum absolute atomic E-state index is 12.7. The molecule has 1 amide bonds. The number of carbonyl (C=O) groups excluding carboxylic acids is 1. The monoisotopic (exact) mass is 394 g/mol. The summed E-state index contributed by atoms with van der Waals surface area (Å²) in [5.41, 5.74) is 2.47. The normalized spacial score (nSPS) is 15.0. The van der Waals surface area contributed by atoms with Crippen molar-refractivity contribution in [2.75, 3.05) is 30.4 Å². The fraction of sp³-hybridized carbons (Fsp3) is 0.409. The first-order valence-corrected chi connectivity index (χ1v) is 9.90. The predicted molar refractivity (Wildman–Crippen MR) is 113 cm³/mol. The zero-order chi connectivity index (χ0) is 20.5. The molecule has 0 atom stereocenters. The quantitative estimate of drug-likeness (QED) is 0.720. The molecule has 3 aromatic rings. The largest absolute Gasteiger partial charge is 0.497 e. The lowest BCUT2D eigenvalue weighted by molar-refractivity contribution is -0.120. The van der Waals surface area contributed by atoms with E-state index in [0.29, 0.717) is 11.5 Å². The van der Waals surface area contributed by atoms with E-state index in [-0.39, 0.29) is 11.8 Å². The van der Waals surface area contributed by atoms with E-state index in [1.807, 2.05) is 45.0 Å². The van der Waals surface area contributed by atoms with Gasteiger partial charge in [-0.2, -0.15) is 4.98 Å². The van der Waals surface area contributed by atoms with E-state index in [1.165, 1.54) is 0 Å². The van der Waals surface area contributed by atoms with Gasteiger partial charge >= 0.3 is 0 Å². The van der Waals surface area contributed by atoms with Crippen LogP contribution in [-0.4, -0.2) is 36.1 Å². The number of hydrogen-bond donors (Lipinski definition) is 1. The van der Waals surface area contributed by atoms with Crippen molar-refractivity contribution in [1.82, 2.24) is 9.97 Å². The minimum absolute atomic E-state index is 0.0249. The summed E-state index contributed by atoms with van der Waals surface area (Å²) >= 11 is 0. The van der Waals surface area contributed by atoms with Crippen LogP contribution in [0.4, 0.5) is 11.5 Å². The Labute approximate surface area is 170 Å². The van der Waals surface area contributed by atoms with Crippen LogP contribution in [0.1, 0.15) is 30.0 Å². The van der Waals surface area contributed by atoms with Crippen LogP contribution in [0.15, 0.2) is 28.7 Å². The molecule has 4 rings (SSSR count). The zero-order valence-electron chi connectivity index (χ0n) is 17.3. The SMILES string of the molecule is COc1cccc(NC(=O)C2CCN(c3nc(C)nc4oc(C)c(C)c34)CC2)c1. The third-order valence-corrected chi connectivity index (χ3v) is 5.62. The summed E-state index contributed by atoms with van der Waals surface area (Å²) in [5, 5.41) is 3.99. The van der Waals surface area contributed by atoms with E-state index in [1.54, 1.807) is 7.11 Å². The summed E-state index contributed by atoms with van der Waals surface area (Å²) in [6.45, 7) is 7.41. The van der Waals surface area contributed by atoms with Crippen molar-refractivity contribution in [3.8, 4) is 5.75 Å². The molecule has 0 saturated carbocycles. The fourth-order valence-corrected chi connectivity index (χ4v) is 3.86. The summed E-state index contributed by atoms with van der Waals surface area (Å²) in [5.74, 6) is 3.23. The number of furan rings is 1. The molecule has 0 aliphatic carbocycles. The van der Waals surface area contributed by atoms with Crippen LogP contribution >= 0.6 is 0 Å². The Hall–Kier alpha value is -3.09. The van der Waals surface area contributed by atoms with Crippen LogP contribution in [0.3, 0.4) is 0 Å². The van der Waals surface area contributed by atoms with Crippen molar-refractivity contribution >= 4 is 28.5 Å². The van der Waals surface area contributed by atoms with Crippen LogP contribution in [-0.2, 0) is 4.79 Å². The van der Waals surface area contributed by atoms with E-state index in [4.69, 9.17) is 14.1 Å². The molecular formula is C22H26N4O3. The Morgan fingerprint density at radius 2 is 1.97 bits per heavy atom. The van der Waals surface area contributed by atoms with Crippen LogP contribution in [0.5, 0.6) is 5.75 Å². The molecule has 2 aromatic heterocycles. The Bertz CT molecular complexity index is 1050. The number of amides is 1. The van der Waals surface area contributed by atoms with E-state index in [9.17, 15) is 4.79 Å². The van der Waals surface area contributed by atoms with Crippen molar-refractivity contribution in [3.63, 3.8) is 0 Å². The van der Waals surface area contributed by atoms with Crippen molar-refractivity contribution in [3.05, 3.63) is 41.4 Å². The smallest absolute Gasteiger partial charge is 0.231 e. The number of methoxy groups -OCH3 is 1. The molecule has 0 spiro atoms. The van der Waals surface area contributed by atoms with Crippen molar-refractivity contribution in [1.29, 1.82) is 0 Å². The molecular weight excluding hydrogens is 368 g/mol. The second kappa shape index (κ2) is 7.73. The maximum Gasteiger partial charge on any atom is 0.231 e. The van der Waals surface area contributed by atoms with Gasteiger partial charge in [-0.15, -0.1) is 0 Å². The van der Waals surface area contributed by atoms with Crippen LogP contribution in [0.2, 0.25) is 0 Å². The van der Waals surface area contributed by atoms with Gasteiger partial charge in [0, 0.05) is 36.3 Å². The number of piperidine rings is 1. The Balaban J connectivity index is 1.47. The summed E-state index contributed by atoms with van der Waals surface area (Å²) in [7, 11) is 1.62. The molecule has 0 bridgehead atoms. The van der Waals surface area contributed by atoms with Crippen molar-refractivity contribution in [2.24, 2.45) is 5.92 Å². The Morgan fingerprint density at radius 1 is 1.21 bits per heavy atom. The average molecular weight is 394 g/mol. The highest BCUT2D eigenvalue weighted by Crippen LogP contribution is 2.33. The van der Waals surface area contributed by atoms with Gasteiger partial charge in [0.1, 0.15) is 23.2 Å². The van der Waals surface area contributed by atoms with Gasteiger partial charge in [0.2, 0.25) is 11.6 Å². The number of aryl methyl sites for hydroxylation is 3. The summed E-state index contributed by atoms with van der Waals surface area (Å²) in [4.78, 5) is 24.1. The number of carbonyl (C=O) groups is 1. The number of rotatable bonds is 4. The minimum Gasteiger partial charge on any atom is -0.497 e. The number of benzene rings is 1. The first-order valence-electron chi connectivity index (χ1n) is 9.90. The summed E-state index contributed by atoms with van der Waals surface area (Å²) in [6.07, 6.45) is 1.55. The number of fused-ring (bicyclic) bond motifs is 1. The number of hydrogen-bond acceptors (Lipinski definition) is 6. The lowest BCUT2D eigenvalue weighted by atomic mass is 9.95. The topological polar surface area (TPSA) is 80.5 Å². The number of aromatic nitrogens is 2. The highest BCUT2D eigenvalue weighted by Gasteiger charge is 2.28. The van der Waals surface area contributed by atoms with Crippen LogP contribution in [0.25, 0.3) is 11.1 Å². The molecule has 3 heterocycles. The third kappa shape index (κ3) is 3.77. The van der Waals surface area contributed by atoms with Gasteiger partial charge in [-0.05, 0) is 45.7 Å². The average Bonchev–Trinajstić information content (AvgIpc) is 3.01. The molecule has 7 heteroatoms. The highest BCUT2D eigenvalue weighted by molar-refractivity contribution is 5.93. The van der Waals surface area contributed by atoms with Crippen molar-refractivity contribution < 1.29 is 13.9 Å². The number of ether oxygens (including phenoxy) is 1. The molecule has 152 valence electrons. The van der Waals surface area contributed by atoms with Crippen LogP contribution in [0, 0.1) is 26.7 Å². The first-order chi connectivity index (χ1) is 14.0. The van der Waals surface area contributed by atoms with Gasteiger partial charge in [0.05, 0.1) is 12.5 Å². The standard InChI is InChI=1S/C22H26N4O3/c1-13-14(2)29-22-19(13)20(23-15(3)24-22)26-10-8-16(9-11-26)21(27)25-17-6-5-7-18(12-17)28-4/h5-7,12,16H,8-11H2,1-4H3,(H,25,27). The number of anilines is 2. The highest BCUT2D eigenvalue weighted by atomic mass is 16.5. The van der Waals surface area contributed by atoms with Gasteiger partial charge in [0.25, 0.3) is 0 Å². The zero-order valence-corrected chi connectivity index (χ0v) is 17.3. The molecule has 1 saturated heterocycles. The van der Waals surface area contributed by atoms with Gasteiger partial charge in [0.15, 0.2) is 0 Å². The van der Waals surface area contributed by atoms with E-state index in [0.717, 1.165) is 59.9 Å². The van der Waals surface area contributed by atoms with Gasteiger partial charge < -0.3 is 19.4 Å². The van der Waals surface area contributed by atoms with E-state index < -0.39 is 0 Å². The second-order valence-corrected chi connectivity index (χ2v) is 7.54. The molecule has 1 aliphatic rings. The summed E-state index contributed by atoms with van der Waals surface area (Å²) in [6, 6.07) is 7.44. The lowest BCUT2D eigenvalue weighted by Crippen LogP contribution is -2.38. The Morgan fingerprint density at radius 3 is 2.69 bits per heavy atom. The number of nitrogens with one attached hydrogen (secondary N) is 1. The predicted octanol–water partition coefficient (Wildman–Crippen LogP) is 4.01. The van der Waals surface area contributed by atoms with E-state index in [2.05, 4.69) is 15.2 Å². The van der Waals surface area contributed by atoms with E-state index >= 15 is 0 Å². The first kappa shape index (κ1) is 19.2. The summed E-state index contributed by atoms with van der Waals surface area (Å²) < 4.78 is 11.0. The molecule has 1 aromatic carbocycles. The number of nitrogens with zero attached hydrogens (tertiary/aromatic N) is 3. The van der Waals surface area contributed by atoms with Gasteiger partial charge in [-0.25, -0.2) is 4.98 Å².